The van der Waals surface area contributed by atoms with Crippen LogP contribution in [0.5, 0.6) is 11.5 Å². The summed E-state index contributed by atoms with van der Waals surface area (Å²) < 4.78 is 36.6. The zero-order valence-corrected chi connectivity index (χ0v) is 12.2. The molecule has 0 fully saturated rings. The first kappa shape index (κ1) is 14.1. The first-order chi connectivity index (χ1) is 8.91. The van der Waals surface area contributed by atoms with Crippen molar-refractivity contribution < 1.29 is 17.9 Å². The zero-order valence-electron chi connectivity index (χ0n) is 11.4. The monoisotopic (exact) mass is 285 g/mol. The summed E-state index contributed by atoms with van der Waals surface area (Å²) in [5.41, 5.74) is 0. The molecule has 2 rings (SSSR count). The van der Waals surface area contributed by atoms with Crippen LogP contribution in [-0.4, -0.2) is 44.3 Å². The third kappa shape index (κ3) is 3.01. The molecule has 1 aliphatic rings. The summed E-state index contributed by atoms with van der Waals surface area (Å²) in [7, 11) is -1.69. The smallest absolute Gasteiger partial charge is 0.216 e. The Bertz CT molecular complexity index is 541. The van der Waals surface area contributed by atoms with Crippen LogP contribution in [0.1, 0.15) is 13.8 Å². The molecule has 1 aromatic rings. The molecule has 1 unspecified atom stereocenters. The van der Waals surface area contributed by atoms with E-state index in [-0.39, 0.29) is 12.6 Å². The van der Waals surface area contributed by atoms with Gasteiger partial charge in [0.1, 0.15) is 12.7 Å². The first-order valence-electron chi connectivity index (χ1n) is 6.25. The average Bonchev–Trinajstić information content (AvgIpc) is 2.38. The van der Waals surface area contributed by atoms with E-state index < -0.39 is 15.3 Å². The van der Waals surface area contributed by atoms with E-state index in [1.807, 2.05) is 24.3 Å². The van der Waals surface area contributed by atoms with E-state index in [4.69, 9.17) is 9.47 Å². The maximum Gasteiger partial charge on any atom is 0.216 e. The minimum atomic E-state index is -3.26. The molecular formula is C13H19NO4S. The lowest BCUT2D eigenvalue weighted by atomic mass is 10.2. The summed E-state index contributed by atoms with van der Waals surface area (Å²) in [5.74, 6) is 1.36. The number of benzene rings is 1. The number of hydrogen-bond donors (Lipinski definition) is 0. The molecule has 0 spiro atoms. The van der Waals surface area contributed by atoms with Gasteiger partial charge in [0.25, 0.3) is 0 Å². The molecule has 0 N–H and O–H groups in total. The van der Waals surface area contributed by atoms with Crippen LogP contribution in [0, 0.1) is 0 Å². The fourth-order valence-corrected chi connectivity index (χ4v) is 3.00. The molecule has 0 saturated carbocycles. The number of rotatable bonds is 4. The average molecular weight is 285 g/mol. The lowest BCUT2D eigenvalue weighted by molar-refractivity contribution is 0.0797. The predicted molar refractivity (Wildman–Crippen MR) is 73.0 cm³/mol. The van der Waals surface area contributed by atoms with Crippen molar-refractivity contribution in [2.75, 3.05) is 20.2 Å². The van der Waals surface area contributed by atoms with Gasteiger partial charge in [-0.3, -0.25) is 0 Å². The topological polar surface area (TPSA) is 55.8 Å². The second-order valence-corrected chi connectivity index (χ2v) is 7.47. The van der Waals surface area contributed by atoms with Gasteiger partial charge < -0.3 is 9.47 Å². The third-order valence-corrected chi connectivity index (χ3v) is 5.27. The molecule has 0 aromatic heterocycles. The molecular weight excluding hydrogens is 266 g/mol. The van der Waals surface area contributed by atoms with Crippen LogP contribution in [0.3, 0.4) is 0 Å². The SMILES string of the molecule is CC(C)S(=O)(=O)N(C)CC1COc2ccccc2O1. The van der Waals surface area contributed by atoms with Gasteiger partial charge in [0.05, 0.1) is 11.8 Å². The van der Waals surface area contributed by atoms with Crippen LogP contribution < -0.4 is 9.47 Å². The number of nitrogens with zero attached hydrogens (tertiary/aromatic N) is 1. The largest absolute Gasteiger partial charge is 0.486 e. The fraction of sp³-hybridized carbons (Fsp3) is 0.538. The highest BCUT2D eigenvalue weighted by molar-refractivity contribution is 7.89. The van der Waals surface area contributed by atoms with Crippen molar-refractivity contribution in [3.8, 4) is 11.5 Å². The summed E-state index contributed by atoms with van der Waals surface area (Å²) >= 11 is 0. The fourth-order valence-electron chi connectivity index (χ4n) is 1.90. The first-order valence-corrected chi connectivity index (χ1v) is 7.75. The molecule has 5 nitrogen and oxygen atoms in total. The van der Waals surface area contributed by atoms with E-state index in [2.05, 4.69) is 0 Å². The van der Waals surface area contributed by atoms with Gasteiger partial charge in [0.15, 0.2) is 11.5 Å². The Labute approximate surface area is 114 Å². The highest BCUT2D eigenvalue weighted by atomic mass is 32.2. The molecule has 6 heteroatoms. The van der Waals surface area contributed by atoms with Gasteiger partial charge in [0.2, 0.25) is 10.0 Å². The van der Waals surface area contributed by atoms with Crippen molar-refractivity contribution in [3.05, 3.63) is 24.3 Å². The number of fused-ring (bicyclic) bond motifs is 1. The summed E-state index contributed by atoms with van der Waals surface area (Å²) in [4.78, 5) is 0. The Morgan fingerprint density at radius 1 is 1.32 bits per heavy atom. The van der Waals surface area contributed by atoms with Crippen molar-refractivity contribution in [1.82, 2.24) is 4.31 Å². The maximum atomic E-state index is 12.0. The molecule has 19 heavy (non-hydrogen) atoms. The van der Waals surface area contributed by atoms with Crippen LogP contribution in [-0.2, 0) is 10.0 Å². The summed E-state index contributed by atoms with van der Waals surface area (Å²) in [6.45, 7) is 3.97. The molecule has 1 atom stereocenters. The number of likely N-dealkylation sites (N-methyl/N-ethyl adjacent to an activating group) is 1. The van der Waals surface area contributed by atoms with Crippen LogP contribution in [0.4, 0.5) is 0 Å². The molecule has 0 aliphatic carbocycles. The van der Waals surface area contributed by atoms with Crippen LogP contribution in [0.2, 0.25) is 0 Å². The van der Waals surface area contributed by atoms with Crippen molar-refractivity contribution in [2.24, 2.45) is 0 Å². The quantitative estimate of drug-likeness (QED) is 0.841. The van der Waals surface area contributed by atoms with Gasteiger partial charge in [0, 0.05) is 7.05 Å². The Balaban J connectivity index is 2.03. The van der Waals surface area contributed by atoms with Crippen molar-refractivity contribution in [3.63, 3.8) is 0 Å². The van der Waals surface area contributed by atoms with E-state index in [1.165, 1.54) is 4.31 Å². The lowest BCUT2D eigenvalue weighted by Gasteiger charge is -2.29. The van der Waals surface area contributed by atoms with Crippen LogP contribution in [0.15, 0.2) is 24.3 Å². The Kier molecular flexibility index (Phi) is 4.01. The van der Waals surface area contributed by atoms with Gasteiger partial charge in [-0.1, -0.05) is 12.1 Å². The zero-order chi connectivity index (χ0) is 14.0. The third-order valence-electron chi connectivity index (χ3n) is 3.06. The van der Waals surface area contributed by atoms with Crippen molar-refractivity contribution >= 4 is 10.0 Å². The van der Waals surface area contributed by atoms with Gasteiger partial charge in [-0.05, 0) is 26.0 Å². The molecule has 1 aromatic carbocycles. The summed E-state index contributed by atoms with van der Waals surface area (Å²) in [6.07, 6.45) is -0.284. The number of para-hydroxylation sites is 2. The number of sulfonamides is 1. The van der Waals surface area contributed by atoms with Gasteiger partial charge >= 0.3 is 0 Å². The molecule has 0 saturated heterocycles. The standard InChI is InChI=1S/C13H19NO4S/c1-10(2)19(15,16)14(3)8-11-9-17-12-6-4-5-7-13(12)18-11/h4-7,10-11H,8-9H2,1-3H3. The van der Waals surface area contributed by atoms with Gasteiger partial charge in [-0.2, -0.15) is 0 Å². The molecule has 1 aliphatic heterocycles. The predicted octanol–water partition coefficient (Wildman–Crippen LogP) is 1.50. The lowest BCUT2D eigenvalue weighted by Crippen LogP contribution is -2.43. The van der Waals surface area contributed by atoms with Gasteiger partial charge in [-0.15, -0.1) is 0 Å². The van der Waals surface area contributed by atoms with E-state index in [9.17, 15) is 8.42 Å². The number of ether oxygens (including phenoxy) is 2. The van der Waals surface area contributed by atoms with E-state index >= 15 is 0 Å². The highest BCUT2D eigenvalue weighted by Gasteiger charge is 2.28. The van der Waals surface area contributed by atoms with Crippen molar-refractivity contribution in [1.29, 1.82) is 0 Å². The summed E-state index contributed by atoms with van der Waals surface area (Å²) in [5, 5.41) is -0.436. The van der Waals surface area contributed by atoms with Gasteiger partial charge in [-0.25, -0.2) is 12.7 Å². The second-order valence-electron chi connectivity index (χ2n) is 4.87. The molecule has 1 heterocycles. The highest BCUT2D eigenvalue weighted by Crippen LogP contribution is 2.31. The normalized spacial score (nSPS) is 18.9. The Morgan fingerprint density at radius 2 is 1.95 bits per heavy atom. The Hall–Kier alpha value is -1.27. The van der Waals surface area contributed by atoms with E-state index in [1.54, 1.807) is 20.9 Å². The molecule has 0 bridgehead atoms. The molecule has 0 radical (unpaired) electrons. The van der Waals surface area contributed by atoms with E-state index in [0.29, 0.717) is 18.1 Å². The molecule has 0 amide bonds. The number of hydrogen-bond acceptors (Lipinski definition) is 4. The maximum absolute atomic E-state index is 12.0. The van der Waals surface area contributed by atoms with Crippen LogP contribution in [0.25, 0.3) is 0 Å². The second kappa shape index (κ2) is 5.38. The van der Waals surface area contributed by atoms with Crippen molar-refractivity contribution in [2.45, 2.75) is 25.2 Å². The van der Waals surface area contributed by atoms with Crippen LogP contribution >= 0.6 is 0 Å². The van der Waals surface area contributed by atoms with E-state index in [0.717, 1.165) is 0 Å². The minimum Gasteiger partial charge on any atom is -0.486 e. The Morgan fingerprint density at radius 3 is 2.58 bits per heavy atom. The minimum absolute atomic E-state index is 0.284. The summed E-state index contributed by atoms with van der Waals surface area (Å²) in [6, 6.07) is 7.38. The molecule has 106 valence electrons.